The van der Waals surface area contributed by atoms with Crippen LogP contribution in [0.1, 0.15) is 12.0 Å². The van der Waals surface area contributed by atoms with Crippen molar-refractivity contribution in [3.8, 4) is 11.8 Å². The average Bonchev–Trinajstić information content (AvgIpc) is 2.67. The van der Waals surface area contributed by atoms with Crippen LogP contribution in [0.25, 0.3) is 0 Å². The zero-order chi connectivity index (χ0) is 19.5. The summed E-state index contributed by atoms with van der Waals surface area (Å²) in [5.41, 5.74) is 1.71. The van der Waals surface area contributed by atoms with Gasteiger partial charge in [-0.25, -0.2) is 0 Å². The van der Waals surface area contributed by atoms with Crippen molar-refractivity contribution in [2.45, 2.75) is 18.2 Å². The quantitative estimate of drug-likeness (QED) is 0.525. The fourth-order valence-corrected chi connectivity index (χ4v) is 2.77. The Hall–Kier alpha value is -2.98. The van der Waals surface area contributed by atoms with Crippen molar-refractivity contribution >= 4 is 29.3 Å². The molecule has 2 aromatic carbocycles. The molecule has 0 aliphatic heterocycles. The summed E-state index contributed by atoms with van der Waals surface area (Å²) >= 11 is 1.32. The first kappa shape index (κ1) is 20.3. The minimum Gasteiger partial charge on any atom is -0.493 e. The molecule has 7 heteroatoms. The highest BCUT2D eigenvalue weighted by Crippen LogP contribution is 2.26. The van der Waals surface area contributed by atoms with Crippen molar-refractivity contribution < 1.29 is 19.1 Å². The molecule has 0 radical (unpaired) electrons. The monoisotopic (exact) mass is 384 g/mol. The highest BCUT2D eigenvalue weighted by molar-refractivity contribution is 7.99. The maximum Gasteiger partial charge on any atom is 0.309 e. The number of nitrogens with one attached hydrogen (secondary N) is 1. The number of para-hydroxylation sites is 1. The molecule has 1 N–H and O–H groups in total. The number of carbonyl (C=O) groups is 2. The number of thioether (sulfide) groups is 1. The number of nitrogens with zero attached hydrogens (tertiary/aromatic N) is 1. The lowest BCUT2D eigenvalue weighted by atomic mass is 10.2. The lowest BCUT2D eigenvalue weighted by molar-refractivity contribution is -0.147. The van der Waals surface area contributed by atoms with Crippen LogP contribution in [0.5, 0.6) is 5.75 Å². The molecule has 140 valence electrons. The van der Waals surface area contributed by atoms with Gasteiger partial charge in [0.15, 0.2) is 6.61 Å². The number of rotatable bonds is 9. The molecule has 0 saturated carbocycles. The van der Waals surface area contributed by atoms with Crippen molar-refractivity contribution in [2.75, 3.05) is 24.3 Å². The molecule has 2 rings (SSSR count). The number of carbonyl (C=O) groups excluding carboxylic acids is 2. The van der Waals surface area contributed by atoms with E-state index in [-0.39, 0.29) is 25.4 Å². The Bertz CT molecular complexity index is 815. The van der Waals surface area contributed by atoms with Gasteiger partial charge in [0.2, 0.25) is 0 Å². The Morgan fingerprint density at radius 2 is 1.89 bits per heavy atom. The minimum absolute atomic E-state index is 0.0514. The molecule has 1 amide bonds. The van der Waals surface area contributed by atoms with Crippen molar-refractivity contribution in [1.82, 2.24) is 0 Å². The second kappa shape index (κ2) is 10.9. The van der Waals surface area contributed by atoms with Crippen LogP contribution in [-0.2, 0) is 14.3 Å². The predicted octanol–water partition coefficient (Wildman–Crippen LogP) is 3.56. The molecule has 0 atom stereocenters. The van der Waals surface area contributed by atoms with Gasteiger partial charge in [-0.1, -0.05) is 29.8 Å². The van der Waals surface area contributed by atoms with Gasteiger partial charge in [-0.3, -0.25) is 9.59 Å². The second-order valence-corrected chi connectivity index (χ2v) is 6.58. The van der Waals surface area contributed by atoms with Crippen molar-refractivity contribution in [3.63, 3.8) is 0 Å². The number of ether oxygens (including phenoxy) is 2. The van der Waals surface area contributed by atoms with Crippen LogP contribution in [0.2, 0.25) is 0 Å². The van der Waals surface area contributed by atoms with Gasteiger partial charge in [0.1, 0.15) is 5.75 Å². The summed E-state index contributed by atoms with van der Waals surface area (Å²) in [6, 6.07) is 16.7. The summed E-state index contributed by atoms with van der Waals surface area (Å²) in [7, 11) is 0. The number of amides is 1. The number of esters is 1. The predicted molar refractivity (Wildman–Crippen MR) is 104 cm³/mol. The molecular weight excluding hydrogens is 364 g/mol. The van der Waals surface area contributed by atoms with Gasteiger partial charge in [-0.05, 0) is 31.2 Å². The maximum atomic E-state index is 12.0. The Kier molecular flexibility index (Phi) is 8.20. The van der Waals surface area contributed by atoms with E-state index in [4.69, 9.17) is 14.7 Å². The van der Waals surface area contributed by atoms with Gasteiger partial charge in [0, 0.05) is 4.90 Å². The number of nitriles is 1. The third-order valence-corrected chi connectivity index (χ3v) is 4.35. The molecule has 0 fully saturated rings. The molecular formula is C20H20N2O4S. The van der Waals surface area contributed by atoms with Crippen molar-refractivity contribution in [1.29, 1.82) is 5.26 Å². The zero-order valence-electron chi connectivity index (χ0n) is 14.9. The fourth-order valence-electron chi connectivity index (χ4n) is 2.10. The minimum atomic E-state index is -0.510. The second-order valence-electron chi connectivity index (χ2n) is 5.56. The fraction of sp³-hybridized carbons (Fsp3) is 0.250. The molecule has 0 heterocycles. The molecule has 27 heavy (non-hydrogen) atoms. The van der Waals surface area contributed by atoms with E-state index >= 15 is 0 Å². The first-order valence-corrected chi connectivity index (χ1v) is 9.31. The highest BCUT2D eigenvalue weighted by atomic mass is 32.2. The Labute approximate surface area is 162 Å². The Morgan fingerprint density at radius 1 is 1.15 bits per heavy atom. The number of hydrogen-bond acceptors (Lipinski definition) is 6. The van der Waals surface area contributed by atoms with Crippen LogP contribution in [0, 0.1) is 18.3 Å². The van der Waals surface area contributed by atoms with E-state index in [2.05, 4.69) is 5.32 Å². The summed E-state index contributed by atoms with van der Waals surface area (Å²) in [4.78, 5) is 24.5. The molecule has 0 aliphatic rings. The highest BCUT2D eigenvalue weighted by Gasteiger charge is 2.10. The lowest BCUT2D eigenvalue weighted by Crippen LogP contribution is -2.22. The van der Waals surface area contributed by atoms with Crippen LogP contribution in [-0.4, -0.2) is 30.8 Å². The molecule has 2 aromatic rings. The van der Waals surface area contributed by atoms with E-state index in [1.165, 1.54) is 11.8 Å². The number of hydrogen-bond donors (Lipinski definition) is 1. The van der Waals surface area contributed by atoms with Gasteiger partial charge < -0.3 is 14.8 Å². The summed E-state index contributed by atoms with van der Waals surface area (Å²) in [6.45, 7) is 1.78. The standard InChI is InChI=1S/C20H20N2O4S/c1-15-6-8-16(9-7-15)25-12-10-20(24)26-14-19(23)22-17-4-2-3-5-18(17)27-13-11-21/h2-9H,10,12-14H2,1H3,(H,22,23). The van der Waals surface area contributed by atoms with E-state index in [9.17, 15) is 9.59 Å². The van der Waals surface area contributed by atoms with Gasteiger partial charge in [0.05, 0.1) is 30.5 Å². The van der Waals surface area contributed by atoms with Crippen molar-refractivity contribution in [2.24, 2.45) is 0 Å². The number of aryl methyl sites for hydroxylation is 1. The topological polar surface area (TPSA) is 88.4 Å². The van der Waals surface area contributed by atoms with E-state index in [0.717, 1.165) is 10.5 Å². The van der Waals surface area contributed by atoms with Crippen molar-refractivity contribution in [3.05, 3.63) is 54.1 Å². The lowest BCUT2D eigenvalue weighted by Gasteiger charge is -2.10. The van der Waals surface area contributed by atoms with E-state index in [0.29, 0.717) is 11.4 Å². The molecule has 0 aromatic heterocycles. The summed E-state index contributed by atoms with van der Waals surface area (Å²) < 4.78 is 10.4. The number of benzene rings is 2. The third-order valence-electron chi connectivity index (χ3n) is 3.41. The summed E-state index contributed by atoms with van der Waals surface area (Å²) in [6.07, 6.45) is 0.0514. The number of anilines is 1. The SMILES string of the molecule is Cc1ccc(OCCC(=O)OCC(=O)Nc2ccccc2SCC#N)cc1. The van der Waals surface area contributed by atoms with Crippen LogP contribution in [0.4, 0.5) is 5.69 Å². The molecule has 0 spiro atoms. The zero-order valence-corrected chi connectivity index (χ0v) is 15.8. The summed E-state index contributed by atoms with van der Waals surface area (Å²) in [5.74, 6) is 0.0119. The normalized spacial score (nSPS) is 9.93. The largest absolute Gasteiger partial charge is 0.493 e. The van der Waals surface area contributed by atoms with E-state index in [1.807, 2.05) is 49.4 Å². The smallest absolute Gasteiger partial charge is 0.309 e. The Morgan fingerprint density at radius 3 is 2.63 bits per heavy atom. The van der Waals surface area contributed by atoms with E-state index < -0.39 is 11.9 Å². The molecule has 0 aliphatic carbocycles. The maximum absolute atomic E-state index is 12.0. The average molecular weight is 384 g/mol. The van der Waals surface area contributed by atoms with E-state index in [1.54, 1.807) is 12.1 Å². The van der Waals surface area contributed by atoms with Gasteiger partial charge >= 0.3 is 5.97 Å². The molecule has 0 bridgehead atoms. The van der Waals surface area contributed by atoms with Crippen LogP contribution >= 0.6 is 11.8 Å². The first-order chi connectivity index (χ1) is 13.1. The molecule has 0 unspecified atom stereocenters. The van der Waals surface area contributed by atoms with Crippen LogP contribution in [0.3, 0.4) is 0 Å². The third kappa shape index (κ3) is 7.42. The van der Waals surface area contributed by atoms with Gasteiger partial charge in [-0.2, -0.15) is 5.26 Å². The van der Waals surface area contributed by atoms with Gasteiger partial charge in [0.25, 0.3) is 5.91 Å². The molecule has 0 saturated heterocycles. The van der Waals surface area contributed by atoms with Crippen LogP contribution in [0.15, 0.2) is 53.4 Å². The van der Waals surface area contributed by atoms with Crippen LogP contribution < -0.4 is 10.1 Å². The molecule has 6 nitrogen and oxygen atoms in total. The summed E-state index contributed by atoms with van der Waals surface area (Å²) in [5, 5.41) is 11.4. The van der Waals surface area contributed by atoms with Gasteiger partial charge in [-0.15, -0.1) is 11.8 Å². The first-order valence-electron chi connectivity index (χ1n) is 8.32. The Balaban J connectivity index is 1.71.